The lowest BCUT2D eigenvalue weighted by Crippen LogP contribution is -2.21. The molecule has 0 saturated heterocycles. The zero-order chi connectivity index (χ0) is 34.5. The third-order valence-electron chi connectivity index (χ3n) is 7.08. The van der Waals surface area contributed by atoms with Gasteiger partial charge in [-0.05, 0) is 73.2 Å². The molecule has 0 spiro atoms. The molecule has 47 heavy (non-hydrogen) atoms. The predicted octanol–water partition coefficient (Wildman–Crippen LogP) is 6.37. The van der Waals surface area contributed by atoms with E-state index < -0.39 is 27.2 Å². The van der Waals surface area contributed by atoms with Crippen LogP contribution in [0.2, 0.25) is 0 Å². The first-order valence-corrected chi connectivity index (χ1v) is 15.8. The summed E-state index contributed by atoms with van der Waals surface area (Å²) < 4.78 is 63.0. The average molecular weight is 672 g/mol. The Balaban J connectivity index is 0.000000644. The molecule has 16 heteroatoms. The van der Waals surface area contributed by atoms with Crippen molar-refractivity contribution in [2.24, 2.45) is 7.05 Å². The van der Waals surface area contributed by atoms with Crippen LogP contribution in [0, 0.1) is 0 Å². The van der Waals surface area contributed by atoms with Gasteiger partial charge in [0.05, 0.1) is 23.4 Å². The first-order chi connectivity index (χ1) is 22.1. The standard InChI is InChI=1S/C29H31N7O3S.C2HF3O2/c1-19(40(5,37)38)20-7-6-8-22(17-20)31-28-30-16-15-27(34-28)35(2)23-11-14-26-25(18-23)33-29(36(26)3)32-21-9-12-24(39-4)13-10-21;3-2(4,5)1(6)7/h6-19H,1-5H3,(H,32,33)(H,30,31,34);(H,6,7). The summed E-state index contributed by atoms with van der Waals surface area (Å²) >= 11 is 0. The Kier molecular flexibility index (Phi) is 10.2. The minimum Gasteiger partial charge on any atom is -0.497 e. The maximum atomic E-state index is 12.0. The van der Waals surface area contributed by atoms with Crippen molar-refractivity contribution >= 4 is 61.6 Å². The van der Waals surface area contributed by atoms with Crippen LogP contribution in [0.3, 0.4) is 0 Å². The van der Waals surface area contributed by atoms with Crippen LogP contribution in [-0.4, -0.2) is 65.6 Å². The highest BCUT2D eigenvalue weighted by Crippen LogP contribution is 2.30. The van der Waals surface area contributed by atoms with Crippen molar-refractivity contribution in [2.75, 3.05) is 35.9 Å². The van der Waals surface area contributed by atoms with Crippen molar-refractivity contribution in [3.8, 4) is 5.75 Å². The Morgan fingerprint density at radius 1 is 1.00 bits per heavy atom. The maximum Gasteiger partial charge on any atom is 0.490 e. The van der Waals surface area contributed by atoms with Crippen LogP contribution in [0.4, 0.5) is 47.9 Å². The monoisotopic (exact) mass is 671 g/mol. The first kappa shape index (κ1) is 34.5. The lowest BCUT2D eigenvalue weighted by atomic mass is 10.1. The molecule has 0 aliphatic heterocycles. The molecule has 5 rings (SSSR count). The molecule has 1 atom stereocenters. The molecular weight excluding hydrogens is 639 g/mol. The third-order valence-corrected chi connectivity index (χ3v) is 8.64. The van der Waals surface area contributed by atoms with Gasteiger partial charge in [-0.15, -0.1) is 0 Å². The van der Waals surface area contributed by atoms with Crippen LogP contribution in [0.15, 0.2) is 79.0 Å². The van der Waals surface area contributed by atoms with Gasteiger partial charge in [-0.1, -0.05) is 12.1 Å². The molecule has 0 bridgehead atoms. The molecule has 3 N–H and O–H groups in total. The number of anilines is 6. The molecule has 3 aromatic carbocycles. The van der Waals surface area contributed by atoms with Crippen molar-refractivity contribution in [3.05, 3.63) is 84.6 Å². The lowest BCUT2D eigenvalue weighted by molar-refractivity contribution is -0.192. The molecule has 2 heterocycles. The number of methoxy groups -OCH3 is 1. The quantitative estimate of drug-likeness (QED) is 0.160. The number of aliphatic carboxylic acids is 1. The smallest absolute Gasteiger partial charge is 0.490 e. The summed E-state index contributed by atoms with van der Waals surface area (Å²) in [6.45, 7) is 1.68. The van der Waals surface area contributed by atoms with E-state index in [0.29, 0.717) is 23.0 Å². The fourth-order valence-electron chi connectivity index (χ4n) is 4.29. The van der Waals surface area contributed by atoms with E-state index in [0.717, 1.165) is 34.1 Å². The summed E-state index contributed by atoms with van der Waals surface area (Å²) in [5.74, 6) is -0.154. The van der Waals surface area contributed by atoms with E-state index in [9.17, 15) is 21.6 Å². The number of rotatable bonds is 9. The summed E-state index contributed by atoms with van der Waals surface area (Å²) in [6, 6.07) is 22.8. The normalized spacial score (nSPS) is 12.1. The lowest BCUT2D eigenvalue weighted by Gasteiger charge is -2.19. The Labute approximate surface area is 268 Å². The number of ether oxygens (including phenoxy) is 1. The maximum absolute atomic E-state index is 12.0. The average Bonchev–Trinajstić information content (AvgIpc) is 3.34. The highest BCUT2D eigenvalue weighted by molar-refractivity contribution is 7.90. The number of carboxylic acids is 1. The summed E-state index contributed by atoms with van der Waals surface area (Å²) in [6.07, 6.45) is -2.17. The molecule has 0 radical (unpaired) electrons. The molecule has 0 fully saturated rings. The summed E-state index contributed by atoms with van der Waals surface area (Å²) in [5, 5.41) is 13.1. The second-order valence-electron chi connectivity index (χ2n) is 10.3. The van der Waals surface area contributed by atoms with Crippen LogP contribution in [-0.2, 0) is 21.7 Å². The van der Waals surface area contributed by atoms with E-state index in [2.05, 4.69) is 20.6 Å². The highest BCUT2D eigenvalue weighted by Gasteiger charge is 2.38. The summed E-state index contributed by atoms with van der Waals surface area (Å²) in [7, 11) is 2.33. The molecule has 248 valence electrons. The van der Waals surface area contributed by atoms with Gasteiger partial charge in [0.2, 0.25) is 11.9 Å². The number of sulfone groups is 1. The Morgan fingerprint density at radius 3 is 2.30 bits per heavy atom. The number of imidazole rings is 1. The molecule has 0 aliphatic carbocycles. The van der Waals surface area contributed by atoms with E-state index in [1.165, 1.54) is 6.26 Å². The van der Waals surface area contributed by atoms with E-state index >= 15 is 0 Å². The van der Waals surface area contributed by atoms with E-state index in [-0.39, 0.29) is 0 Å². The van der Waals surface area contributed by atoms with Gasteiger partial charge in [-0.3, -0.25) is 0 Å². The van der Waals surface area contributed by atoms with Gasteiger partial charge >= 0.3 is 12.1 Å². The van der Waals surface area contributed by atoms with Gasteiger partial charge in [0.25, 0.3) is 0 Å². The SMILES string of the molecule is COc1ccc(Nc2nc3cc(N(C)c4ccnc(Nc5cccc(C(C)S(C)(=O)=O)c5)n4)ccc3n2C)cc1.O=C(O)C(F)(F)F. The van der Waals surface area contributed by atoms with Crippen molar-refractivity contribution in [1.82, 2.24) is 19.5 Å². The summed E-state index contributed by atoms with van der Waals surface area (Å²) in [4.78, 5) is 24.7. The van der Waals surface area contributed by atoms with Gasteiger partial charge in [0, 0.05) is 43.6 Å². The van der Waals surface area contributed by atoms with Gasteiger partial charge in [0.1, 0.15) is 11.6 Å². The van der Waals surface area contributed by atoms with Gasteiger partial charge < -0.3 is 29.9 Å². The van der Waals surface area contributed by atoms with Crippen LogP contribution < -0.4 is 20.3 Å². The van der Waals surface area contributed by atoms with Gasteiger partial charge in [0.15, 0.2) is 9.84 Å². The number of hydrogen-bond acceptors (Lipinski definition) is 10. The molecule has 12 nitrogen and oxygen atoms in total. The Morgan fingerprint density at radius 2 is 1.68 bits per heavy atom. The molecule has 2 aromatic heterocycles. The number of aryl methyl sites for hydroxylation is 1. The molecule has 0 aliphatic rings. The summed E-state index contributed by atoms with van der Waals surface area (Å²) in [5.41, 5.74) is 5.06. The molecule has 1 unspecified atom stereocenters. The number of carbonyl (C=O) groups is 1. The molecule has 5 aromatic rings. The third kappa shape index (κ3) is 8.66. The van der Waals surface area contributed by atoms with E-state index in [1.54, 1.807) is 32.4 Å². The fraction of sp³-hybridized carbons (Fsp3) is 0.226. The van der Waals surface area contributed by atoms with Gasteiger partial charge in [-0.25, -0.2) is 23.2 Å². The number of benzene rings is 3. The Bertz CT molecular complexity index is 1980. The second kappa shape index (κ2) is 13.9. The van der Waals surface area contributed by atoms with Crippen LogP contribution >= 0.6 is 0 Å². The zero-order valence-electron chi connectivity index (χ0n) is 25.9. The van der Waals surface area contributed by atoms with E-state index in [4.69, 9.17) is 19.6 Å². The van der Waals surface area contributed by atoms with Crippen LogP contribution in [0.1, 0.15) is 17.7 Å². The van der Waals surface area contributed by atoms with Crippen molar-refractivity contribution in [2.45, 2.75) is 18.3 Å². The number of hydrogen-bond donors (Lipinski definition) is 3. The number of alkyl halides is 3. The minimum absolute atomic E-state index is 0.401. The number of aromatic nitrogens is 4. The van der Waals surface area contributed by atoms with Crippen molar-refractivity contribution in [3.63, 3.8) is 0 Å². The highest BCUT2D eigenvalue weighted by atomic mass is 32.2. The minimum atomic E-state index is -5.08. The van der Waals surface area contributed by atoms with Crippen LogP contribution in [0.25, 0.3) is 11.0 Å². The first-order valence-electron chi connectivity index (χ1n) is 13.9. The van der Waals surface area contributed by atoms with Gasteiger partial charge in [-0.2, -0.15) is 18.2 Å². The largest absolute Gasteiger partial charge is 0.497 e. The molecule has 0 saturated carbocycles. The topological polar surface area (TPSA) is 152 Å². The Hall–Kier alpha value is -5.38. The number of halogens is 3. The molecular formula is C31H32F3N7O5S. The van der Waals surface area contributed by atoms with Crippen LogP contribution in [0.5, 0.6) is 5.75 Å². The molecule has 0 amide bonds. The number of nitrogens with zero attached hydrogens (tertiary/aromatic N) is 5. The number of fused-ring (bicyclic) bond motifs is 1. The number of nitrogens with one attached hydrogen (secondary N) is 2. The van der Waals surface area contributed by atoms with Crippen molar-refractivity contribution in [1.29, 1.82) is 0 Å². The number of carboxylic acid groups (broad SMARTS) is 1. The fourth-order valence-corrected chi connectivity index (χ4v) is 4.93. The van der Waals surface area contributed by atoms with E-state index in [1.807, 2.05) is 84.2 Å². The second-order valence-corrected chi connectivity index (χ2v) is 12.7. The predicted molar refractivity (Wildman–Crippen MR) is 174 cm³/mol. The van der Waals surface area contributed by atoms with Crippen molar-refractivity contribution < 1.29 is 36.2 Å². The zero-order valence-corrected chi connectivity index (χ0v) is 26.8.